The lowest BCUT2D eigenvalue weighted by Gasteiger charge is -2.42. The highest BCUT2D eigenvalue weighted by molar-refractivity contribution is 9.09. The normalized spacial score (nSPS) is 24.0. The van der Waals surface area contributed by atoms with E-state index in [9.17, 15) is 0 Å². The van der Waals surface area contributed by atoms with Gasteiger partial charge in [-0.05, 0) is 20.8 Å². The number of hydrogen-bond acceptors (Lipinski definition) is 3. The van der Waals surface area contributed by atoms with Crippen molar-refractivity contribution >= 4 is 21.9 Å². The quantitative estimate of drug-likeness (QED) is 0.803. The van der Waals surface area contributed by atoms with E-state index in [1.807, 2.05) is 12.4 Å². The fourth-order valence-corrected chi connectivity index (χ4v) is 2.70. The van der Waals surface area contributed by atoms with Crippen molar-refractivity contribution < 1.29 is 4.74 Å². The summed E-state index contributed by atoms with van der Waals surface area (Å²) in [6, 6.07) is 0. The molecule has 0 aliphatic carbocycles. The Labute approximate surface area is 111 Å². The van der Waals surface area contributed by atoms with Crippen LogP contribution in [0.5, 0.6) is 0 Å². The standard InChI is InChI=1S/C12H20BrN3O/c1-4-15-6-5-14-11(15)16-8-10(7-13)17-12(2,3)9-16/h5-6,10H,4,7-9H2,1-3H3. The van der Waals surface area contributed by atoms with Crippen LogP contribution in [0.1, 0.15) is 20.8 Å². The molecule has 0 radical (unpaired) electrons. The van der Waals surface area contributed by atoms with E-state index in [0.29, 0.717) is 0 Å². The highest BCUT2D eigenvalue weighted by atomic mass is 79.9. The first-order valence-corrected chi connectivity index (χ1v) is 7.17. The summed E-state index contributed by atoms with van der Waals surface area (Å²) in [5, 5.41) is 0.861. The molecule has 0 bridgehead atoms. The van der Waals surface area contributed by atoms with Crippen molar-refractivity contribution in [1.29, 1.82) is 0 Å². The van der Waals surface area contributed by atoms with Gasteiger partial charge < -0.3 is 14.2 Å². The molecule has 1 saturated heterocycles. The van der Waals surface area contributed by atoms with Gasteiger partial charge in [-0.1, -0.05) is 15.9 Å². The topological polar surface area (TPSA) is 30.3 Å². The van der Waals surface area contributed by atoms with E-state index < -0.39 is 0 Å². The molecule has 0 spiro atoms. The number of morpholine rings is 1. The van der Waals surface area contributed by atoms with E-state index in [0.717, 1.165) is 30.9 Å². The molecule has 2 rings (SSSR count). The molecule has 0 aromatic carbocycles. The predicted octanol–water partition coefficient (Wildman–Crippen LogP) is 2.28. The van der Waals surface area contributed by atoms with Crippen molar-refractivity contribution in [3.05, 3.63) is 12.4 Å². The summed E-state index contributed by atoms with van der Waals surface area (Å²) in [7, 11) is 0. The van der Waals surface area contributed by atoms with Crippen molar-refractivity contribution in [2.24, 2.45) is 0 Å². The maximum absolute atomic E-state index is 6.00. The lowest BCUT2D eigenvalue weighted by atomic mass is 10.1. The van der Waals surface area contributed by atoms with Crippen molar-refractivity contribution in [1.82, 2.24) is 9.55 Å². The fourth-order valence-electron chi connectivity index (χ4n) is 2.36. The summed E-state index contributed by atoms with van der Waals surface area (Å²) in [5.41, 5.74) is -0.124. The number of aryl methyl sites for hydroxylation is 1. The van der Waals surface area contributed by atoms with E-state index in [1.54, 1.807) is 0 Å². The molecule has 1 aliphatic rings. The van der Waals surface area contributed by atoms with Gasteiger partial charge >= 0.3 is 0 Å². The molecule has 1 aromatic heterocycles. The van der Waals surface area contributed by atoms with Gasteiger partial charge in [0.1, 0.15) is 0 Å². The third-order valence-corrected chi connectivity index (χ3v) is 3.69. The van der Waals surface area contributed by atoms with Crippen LogP contribution < -0.4 is 4.90 Å². The van der Waals surface area contributed by atoms with Gasteiger partial charge in [-0.15, -0.1) is 0 Å². The third kappa shape index (κ3) is 2.83. The molecule has 5 heteroatoms. The van der Waals surface area contributed by atoms with Gasteiger partial charge in [-0.3, -0.25) is 0 Å². The van der Waals surface area contributed by atoms with E-state index in [-0.39, 0.29) is 11.7 Å². The average molecular weight is 302 g/mol. The zero-order valence-electron chi connectivity index (χ0n) is 10.7. The maximum Gasteiger partial charge on any atom is 0.205 e. The number of imidazole rings is 1. The maximum atomic E-state index is 6.00. The second-order valence-electron chi connectivity index (χ2n) is 5.05. The molecule has 17 heavy (non-hydrogen) atoms. The molecule has 4 nitrogen and oxygen atoms in total. The zero-order chi connectivity index (χ0) is 12.5. The molecule has 96 valence electrons. The second kappa shape index (κ2) is 4.98. The summed E-state index contributed by atoms with van der Waals surface area (Å²) in [4.78, 5) is 6.78. The van der Waals surface area contributed by atoms with E-state index >= 15 is 0 Å². The number of halogens is 1. The van der Waals surface area contributed by atoms with Crippen molar-refractivity contribution in [2.45, 2.75) is 39.0 Å². The van der Waals surface area contributed by atoms with Gasteiger partial charge in [0.25, 0.3) is 0 Å². The fraction of sp³-hybridized carbons (Fsp3) is 0.750. The molecular formula is C12H20BrN3O. The van der Waals surface area contributed by atoms with Crippen molar-refractivity contribution in [2.75, 3.05) is 23.3 Å². The summed E-state index contributed by atoms with van der Waals surface area (Å²) in [6.07, 6.45) is 4.12. The molecule has 1 aliphatic heterocycles. The average Bonchev–Trinajstić information content (AvgIpc) is 2.74. The van der Waals surface area contributed by atoms with Gasteiger partial charge in [0.05, 0.1) is 11.7 Å². The van der Waals surface area contributed by atoms with Crippen molar-refractivity contribution in [3.63, 3.8) is 0 Å². The number of hydrogen-bond donors (Lipinski definition) is 0. The molecule has 1 aromatic rings. The van der Waals surface area contributed by atoms with Gasteiger partial charge in [-0.2, -0.15) is 0 Å². The molecule has 0 N–H and O–H groups in total. The predicted molar refractivity (Wildman–Crippen MR) is 72.9 cm³/mol. The van der Waals surface area contributed by atoms with Crippen LogP contribution >= 0.6 is 15.9 Å². The Morgan fingerprint density at radius 3 is 3.00 bits per heavy atom. The minimum absolute atomic E-state index is 0.124. The van der Waals surface area contributed by atoms with Crippen LogP contribution in [0.4, 0.5) is 5.95 Å². The Hall–Kier alpha value is -0.550. The van der Waals surface area contributed by atoms with Crippen molar-refractivity contribution in [3.8, 4) is 0 Å². The molecule has 0 saturated carbocycles. The lowest BCUT2D eigenvalue weighted by Crippen LogP contribution is -2.54. The third-order valence-electron chi connectivity index (χ3n) is 2.97. The Kier molecular flexibility index (Phi) is 3.78. The highest BCUT2D eigenvalue weighted by Crippen LogP contribution is 2.25. The first-order valence-electron chi connectivity index (χ1n) is 6.05. The highest BCUT2D eigenvalue weighted by Gasteiger charge is 2.34. The summed E-state index contributed by atoms with van der Waals surface area (Å²) < 4.78 is 8.17. The minimum Gasteiger partial charge on any atom is -0.368 e. The summed E-state index contributed by atoms with van der Waals surface area (Å²) >= 11 is 3.51. The molecule has 1 atom stereocenters. The van der Waals surface area contributed by atoms with Crippen LogP contribution in [-0.4, -0.2) is 39.7 Å². The Balaban J connectivity index is 2.20. The van der Waals surface area contributed by atoms with Crippen LogP contribution in [-0.2, 0) is 11.3 Å². The van der Waals surface area contributed by atoms with E-state index in [2.05, 4.69) is 51.2 Å². The molecule has 0 amide bonds. The first-order chi connectivity index (χ1) is 8.05. The van der Waals surface area contributed by atoms with Crippen LogP contribution in [0.15, 0.2) is 12.4 Å². The zero-order valence-corrected chi connectivity index (χ0v) is 12.3. The SMILES string of the molecule is CCn1ccnc1N1CC(CBr)OC(C)(C)C1. The summed E-state index contributed by atoms with van der Waals surface area (Å²) in [5.74, 6) is 1.05. The van der Waals surface area contributed by atoms with Crippen LogP contribution in [0.25, 0.3) is 0 Å². The Bertz CT molecular complexity index is 378. The largest absolute Gasteiger partial charge is 0.368 e. The summed E-state index contributed by atoms with van der Waals surface area (Å²) in [6.45, 7) is 9.13. The van der Waals surface area contributed by atoms with Gasteiger partial charge in [0.15, 0.2) is 0 Å². The molecular weight excluding hydrogens is 282 g/mol. The number of anilines is 1. The lowest BCUT2D eigenvalue weighted by molar-refractivity contribution is -0.0729. The minimum atomic E-state index is -0.124. The Morgan fingerprint density at radius 2 is 2.35 bits per heavy atom. The number of nitrogens with zero attached hydrogens (tertiary/aromatic N) is 3. The number of ether oxygens (including phenoxy) is 1. The van der Waals surface area contributed by atoms with Crippen LogP contribution in [0.3, 0.4) is 0 Å². The number of aromatic nitrogens is 2. The molecule has 2 heterocycles. The van der Waals surface area contributed by atoms with Crippen LogP contribution in [0, 0.1) is 0 Å². The Morgan fingerprint density at radius 1 is 1.59 bits per heavy atom. The van der Waals surface area contributed by atoms with Gasteiger partial charge in [-0.25, -0.2) is 4.98 Å². The van der Waals surface area contributed by atoms with Crippen LogP contribution in [0.2, 0.25) is 0 Å². The molecule has 1 unspecified atom stereocenters. The smallest absolute Gasteiger partial charge is 0.205 e. The van der Waals surface area contributed by atoms with E-state index in [1.165, 1.54) is 0 Å². The first kappa shape index (κ1) is 12.9. The monoisotopic (exact) mass is 301 g/mol. The van der Waals surface area contributed by atoms with E-state index in [4.69, 9.17) is 4.74 Å². The van der Waals surface area contributed by atoms with Gasteiger partial charge in [0.2, 0.25) is 5.95 Å². The second-order valence-corrected chi connectivity index (χ2v) is 5.70. The number of rotatable bonds is 3. The van der Waals surface area contributed by atoms with Gasteiger partial charge in [0, 0.05) is 37.4 Å². The number of alkyl halides is 1. The molecule has 1 fully saturated rings.